The number of thioether (sulfide) groups is 1. The Morgan fingerprint density at radius 1 is 1.00 bits per heavy atom. The molecule has 1 heterocycles. The van der Waals surface area contributed by atoms with Gasteiger partial charge < -0.3 is 9.47 Å². The molecular formula is C26H20Cl2FNO4S. The van der Waals surface area contributed by atoms with Crippen LogP contribution >= 0.6 is 35.0 Å². The average molecular weight is 532 g/mol. The van der Waals surface area contributed by atoms with Crippen LogP contribution in [0.25, 0.3) is 6.08 Å². The van der Waals surface area contributed by atoms with Gasteiger partial charge in [-0.05, 0) is 72.3 Å². The Labute approximate surface area is 216 Å². The maximum absolute atomic E-state index is 14.1. The lowest BCUT2D eigenvalue weighted by atomic mass is 10.1. The van der Waals surface area contributed by atoms with Gasteiger partial charge in [-0.1, -0.05) is 47.5 Å². The van der Waals surface area contributed by atoms with Gasteiger partial charge in [-0.3, -0.25) is 14.5 Å². The quantitative estimate of drug-likeness (QED) is 0.284. The molecule has 1 fully saturated rings. The first-order valence-corrected chi connectivity index (χ1v) is 12.2. The van der Waals surface area contributed by atoms with Crippen molar-refractivity contribution < 1.29 is 23.5 Å². The summed E-state index contributed by atoms with van der Waals surface area (Å²) in [4.78, 5) is 26.8. The monoisotopic (exact) mass is 531 g/mol. The highest BCUT2D eigenvalue weighted by Crippen LogP contribution is 2.36. The summed E-state index contributed by atoms with van der Waals surface area (Å²) in [5.41, 5.74) is 1.66. The van der Waals surface area contributed by atoms with Crippen LogP contribution in [-0.4, -0.2) is 22.7 Å². The van der Waals surface area contributed by atoms with E-state index < -0.39 is 5.82 Å². The van der Waals surface area contributed by atoms with Crippen LogP contribution in [-0.2, 0) is 17.9 Å². The van der Waals surface area contributed by atoms with Crippen LogP contribution in [0.5, 0.6) is 11.5 Å². The van der Waals surface area contributed by atoms with E-state index in [1.807, 2.05) is 6.92 Å². The highest BCUT2D eigenvalue weighted by molar-refractivity contribution is 8.18. The third-order valence-corrected chi connectivity index (χ3v) is 6.60. The summed E-state index contributed by atoms with van der Waals surface area (Å²) in [7, 11) is 0. The Morgan fingerprint density at radius 3 is 2.54 bits per heavy atom. The molecule has 35 heavy (non-hydrogen) atoms. The summed E-state index contributed by atoms with van der Waals surface area (Å²) in [6.45, 7) is 2.26. The van der Waals surface area contributed by atoms with Crippen LogP contribution in [0, 0.1) is 5.82 Å². The van der Waals surface area contributed by atoms with Gasteiger partial charge in [0.15, 0.2) is 11.5 Å². The fourth-order valence-electron chi connectivity index (χ4n) is 3.43. The van der Waals surface area contributed by atoms with E-state index in [1.165, 1.54) is 17.0 Å². The molecule has 1 aliphatic rings. The van der Waals surface area contributed by atoms with E-state index in [9.17, 15) is 14.0 Å². The zero-order chi connectivity index (χ0) is 24.9. The molecule has 0 bridgehead atoms. The van der Waals surface area contributed by atoms with E-state index in [-0.39, 0.29) is 34.9 Å². The van der Waals surface area contributed by atoms with Crippen molar-refractivity contribution in [3.63, 3.8) is 0 Å². The number of halogens is 3. The summed E-state index contributed by atoms with van der Waals surface area (Å²) in [6, 6.07) is 16.6. The molecule has 0 radical (unpaired) electrons. The number of carbonyl (C=O) groups excluding carboxylic acids is 2. The normalized spacial score (nSPS) is 14.6. The summed E-state index contributed by atoms with van der Waals surface area (Å²) in [5, 5.41) is 0.453. The number of hydrogen-bond donors (Lipinski definition) is 0. The number of rotatable bonds is 8. The first-order chi connectivity index (χ1) is 16.9. The van der Waals surface area contributed by atoms with Crippen molar-refractivity contribution in [2.45, 2.75) is 20.1 Å². The molecule has 1 saturated heterocycles. The minimum atomic E-state index is -0.458. The molecule has 9 heteroatoms. The minimum absolute atomic E-state index is 0.0761. The van der Waals surface area contributed by atoms with Crippen molar-refractivity contribution in [3.8, 4) is 11.5 Å². The van der Waals surface area contributed by atoms with E-state index in [0.29, 0.717) is 33.6 Å². The van der Waals surface area contributed by atoms with Crippen LogP contribution in [0.1, 0.15) is 23.6 Å². The third-order valence-electron chi connectivity index (χ3n) is 5.10. The number of nitrogens with zero attached hydrogens (tertiary/aromatic N) is 1. The number of imide groups is 1. The summed E-state index contributed by atoms with van der Waals surface area (Å²) < 4.78 is 25.5. The lowest BCUT2D eigenvalue weighted by Crippen LogP contribution is -2.27. The highest BCUT2D eigenvalue weighted by atomic mass is 35.5. The van der Waals surface area contributed by atoms with Gasteiger partial charge >= 0.3 is 0 Å². The van der Waals surface area contributed by atoms with Crippen LogP contribution in [0.3, 0.4) is 0 Å². The molecule has 0 unspecified atom stereocenters. The van der Waals surface area contributed by atoms with Crippen molar-refractivity contribution in [1.82, 2.24) is 4.90 Å². The highest BCUT2D eigenvalue weighted by Gasteiger charge is 2.35. The Hall–Kier alpha value is -3.00. The van der Waals surface area contributed by atoms with Crippen molar-refractivity contribution >= 4 is 52.2 Å². The standard InChI is InChI=1S/C26H20Cl2FNO4S/c1-2-33-23-12-16(9-10-22(23)34-15-19-20(28)7-4-8-21(19)29)13-24-25(31)30(26(32)35-24)14-17-5-3-6-18(27)11-17/h3-13H,2,14-15H2,1H3/b24-13-. The first kappa shape index (κ1) is 25.1. The molecule has 2 amide bonds. The Morgan fingerprint density at radius 2 is 1.80 bits per heavy atom. The van der Waals surface area contributed by atoms with Crippen molar-refractivity contribution in [1.29, 1.82) is 0 Å². The molecule has 0 aliphatic carbocycles. The summed E-state index contributed by atoms with van der Waals surface area (Å²) in [6.07, 6.45) is 1.63. The molecule has 1 aliphatic heterocycles. The van der Waals surface area contributed by atoms with Crippen LogP contribution in [0.15, 0.2) is 65.6 Å². The number of carbonyl (C=O) groups is 2. The van der Waals surface area contributed by atoms with Gasteiger partial charge in [-0.2, -0.15) is 0 Å². The maximum Gasteiger partial charge on any atom is 0.293 e. The molecule has 0 aromatic heterocycles. The lowest BCUT2D eigenvalue weighted by Gasteiger charge is -2.14. The Kier molecular flexibility index (Phi) is 8.00. The molecule has 3 aromatic carbocycles. The molecule has 180 valence electrons. The van der Waals surface area contributed by atoms with Crippen LogP contribution < -0.4 is 9.47 Å². The largest absolute Gasteiger partial charge is 0.490 e. The zero-order valence-corrected chi connectivity index (χ0v) is 20.9. The molecule has 4 rings (SSSR count). The summed E-state index contributed by atoms with van der Waals surface area (Å²) in [5.74, 6) is -0.0164. The molecule has 0 saturated carbocycles. The van der Waals surface area contributed by atoms with Gasteiger partial charge in [0.2, 0.25) is 0 Å². The molecule has 0 N–H and O–H groups in total. The second-order valence-corrected chi connectivity index (χ2v) is 9.36. The molecular weight excluding hydrogens is 512 g/mol. The van der Waals surface area contributed by atoms with Crippen molar-refractivity contribution in [3.05, 3.63) is 98.1 Å². The fourth-order valence-corrected chi connectivity index (χ4v) is 4.70. The van der Waals surface area contributed by atoms with Crippen LogP contribution in [0.2, 0.25) is 10.0 Å². The maximum atomic E-state index is 14.1. The predicted octanol–water partition coefficient (Wildman–Crippen LogP) is 7.35. The Bertz CT molecular complexity index is 1290. The van der Waals surface area contributed by atoms with Crippen molar-refractivity contribution in [2.24, 2.45) is 0 Å². The number of ether oxygens (including phenoxy) is 2. The average Bonchev–Trinajstić information content (AvgIpc) is 3.07. The molecule has 0 atom stereocenters. The van der Waals surface area contributed by atoms with Gasteiger partial charge in [0.05, 0.1) is 23.1 Å². The zero-order valence-electron chi connectivity index (χ0n) is 18.6. The van der Waals surface area contributed by atoms with Gasteiger partial charge in [0.1, 0.15) is 12.4 Å². The topological polar surface area (TPSA) is 55.8 Å². The smallest absolute Gasteiger partial charge is 0.293 e. The van der Waals surface area contributed by atoms with Crippen LogP contribution in [0.4, 0.5) is 9.18 Å². The van der Waals surface area contributed by atoms with E-state index in [0.717, 1.165) is 17.3 Å². The second kappa shape index (κ2) is 11.2. The van der Waals surface area contributed by atoms with Gasteiger partial charge in [-0.15, -0.1) is 0 Å². The van der Waals surface area contributed by atoms with Gasteiger partial charge in [-0.25, -0.2) is 4.39 Å². The fraction of sp³-hybridized carbons (Fsp3) is 0.154. The predicted molar refractivity (Wildman–Crippen MR) is 136 cm³/mol. The second-order valence-electron chi connectivity index (χ2n) is 7.53. The number of amides is 2. The van der Waals surface area contributed by atoms with Gasteiger partial charge in [0.25, 0.3) is 11.1 Å². The SMILES string of the molecule is CCOc1cc(/C=C2\SC(=O)N(Cc3cccc(Cl)c3)C2=O)ccc1OCc1c(F)cccc1Cl. The molecule has 5 nitrogen and oxygen atoms in total. The number of hydrogen-bond acceptors (Lipinski definition) is 5. The lowest BCUT2D eigenvalue weighted by molar-refractivity contribution is -0.123. The van der Waals surface area contributed by atoms with E-state index in [4.69, 9.17) is 32.7 Å². The van der Waals surface area contributed by atoms with E-state index >= 15 is 0 Å². The molecule has 0 spiro atoms. The number of benzene rings is 3. The summed E-state index contributed by atoms with van der Waals surface area (Å²) >= 11 is 13.0. The first-order valence-electron chi connectivity index (χ1n) is 10.7. The van der Waals surface area contributed by atoms with Crippen molar-refractivity contribution in [2.75, 3.05) is 6.61 Å². The van der Waals surface area contributed by atoms with E-state index in [2.05, 4.69) is 0 Å². The minimum Gasteiger partial charge on any atom is -0.490 e. The van der Waals surface area contributed by atoms with Gasteiger partial charge in [0, 0.05) is 10.6 Å². The molecule has 3 aromatic rings. The Balaban J connectivity index is 1.52. The van der Waals surface area contributed by atoms with E-state index in [1.54, 1.807) is 54.6 Å². The third kappa shape index (κ3) is 5.99.